The first-order valence-corrected chi connectivity index (χ1v) is 6.22. The third-order valence-corrected chi connectivity index (χ3v) is 2.90. The number of hydrogen-bond acceptors (Lipinski definition) is 2. The van der Waals surface area contributed by atoms with Crippen molar-refractivity contribution in [1.82, 2.24) is 0 Å². The van der Waals surface area contributed by atoms with Crippen LogP contribution < -0.4 is 4.74 Å². The molecule has 0 N–H and O–H groups in total. The molecular formula is C15H12ClFO2. The van der Waals surface area contributed by atoms with Gasteiger partial charge in [-0.15, -0.1) is 0 Å². The molecule has 0 radical (unpaired) electrons. The number of rotatable bonds is 4. The molecule has 19 heavy (non-hydrogen) atoms. The molecule has 4 heteroatoms. The first kappa shape index (κ1) is 13.6. The van der Waals surface area contributed by atoms with E-state index in [1.807, 2.05) is 6.92 Å². The zero-order valence-corrected chi connectivity index (χ0v) is 11.1. The van der Waals surface area contributed by atoms with Gasteiger partial charge in [0.25, 0.3) is 0 Å². The highest BCUT2D eigenvalue weighted by molar-refractivity contribution is 6.31. The van der Waals surface area contributed by atoms with E-state index in [-0.39, 0.29) is 10.8 Å². The molecule has 98 valence electrons. The van der Waals surface area contributed by atoms with Gasteiger partial charge < -0.3 is 4.74 Å². The molecule has 0 atom stereocenters. The van der Waals surface area contributed by atoms with E-state index in [9.17, 15) is 9.18 Å². The molecule has 0 aliphatic heterocycles. The highest BCUT2D eigenvalue weighted by Crippen LogP contribution is 2.20. The number of halogens is 2. The van der Waals surface area contributed by atoms with Gasteiger partial charge in [-0.1, -0.05) is 11.6 Å². The first-order valence-electron chi connectivity index (χ1n) is 5.84. The predicted octanol–water partition coefficient (Wildman–Crippen LogP) is 4.11. The second kappa shape index (κ2) is 5.85. The minimum Gasteiger partial charge on any atom is -0.494 e. The molecule has 2 rings (SSSR count). The van der Waals surface area contributed by atoms with E-state index in [2.05, 4.69) is 0 Å². The first-order chi connectivity index (χ1) is 9.11. The molecule has 0 bridgehead atoms. The summed E-state index contributed by atoms with van der Waals surface area (Å²) >= 11 is 5.66. The summed E-state index contributed by atoms with van der Waals surface area (Å²) in [7, 11) is 0. The summed E-state index contributed by atoms with van der Waals surface area (Å²) in [6, 6.07) is 10.7. The molecule has 0 aromatic heterocycles. The molecule has 2 aromatic carbocycles. The predicted molar refractivity (Wildman–Crippen MR) is 72.5 cm³/mol. The van der Waals surface area contributed by atoms with Crippen molar-refractivity contribution in [1.29, 1.82) is 0 Å². The van der Waals surface area contributed by atoms with Crippen molar-refractivity contribution >= 4 is 17.4 Å². The van der Waals surface area contributed by atoms with Crippen molar-refractivity contribution < 1.29 is 13.9 Å². The van der Waals surface area contributed by atoms with E-state index in [1.165, 1.54) is 18.2 Å². The lowest BCUT2D eigenvalue weighted by atomic mass is 10.0. The smallest absolute Gasteiger partial charge is 0.193 e. The molecule has 2 aromatic rings. The summed E-state index contributed by atoms with van der Waals surface area (Å²) in [5, 5.41) is -0.0585. The van der Waals surface area contributed by atoms with Crippen molar-refractivity contribution in [3.63, 3.8) is 0 Å². The molecule has 0 spiro atoms. The summed E-state index contributed by atoms with van der Waals surface area (Å²) in [4.78, 5) is 12.2. The van der Waals surface area contributed by atoms with Crippen molar-refractivity contribution in [2.45, 2.75) is 6.92 Å². The fraction of sp³-hybridized carbons (Fsp3) is 0.133. The van der Waals surface area contributed by atoms with E-state index >= 15 is 0 Å². The van der Waals surface area contributed by atoms with E-state index in [4.69, 9.17) is 16.3 Å². The Balaban J connectivity index is 2.25. The van der Waals surface area contributed by atoms with Crippen LogP contribution in [-0.4, -0.2) is 12.4 Å². The number of ketones is 1. The van der Waals surface area contributed by atoms with Crippen LogP contribution in [0.15, 0.2) is 42.5 Å². The van der Waals surface area contributed by atoms with E-state index in [0.717, 1.165) is 0 Å². The fourth-order valence-electron chi connectivity index (χ4n) is 1.67. The minimum absolute atomic E-state index is 0.0585. The zero-order valence-electron chi connectivity index (χ0n) is 10.3. The lowest BCUT2D eigenvalue weighted by Crippen LogP contribution is -2.02. The van der Waals surface area contributed by atoms with Gasteiger partial charge in [-0.3, -0.25) is 4.79 Å². The maximum Gasteiger partial charge on any atom is 0.193 e. The van der Waals surface area contributed by atoms with Crippen LogP contribution in [0.2, 0.25) is 5.02 Å². The standard InChI is InChI=1S/C15H12ClFO2/c1-2-19-12-6-3-10(4-7-12)15(18)11-5-8-14(17)13(16)9-11/h3-9H,2H2,1H3. The van der Waals surface area contributed by atoms with Gasteiger partial charge in [0.05, 0.1) is 11.6 Å². The summed E-state index contributed by atoms with van der Waals surface area (Å²) in [5.74, 6) is -0.0361. The average Bonchev–Trinajstić information content (AvgIpc) is 2.42. The average molecular weight is 279 g/mol. The van der Waals surface area contributed by atoms with Gasteiger partial charge in [0, 0.05) is 11.1 Å². The molecule has 0 aliphatic rings. The molecule has 0 amide bonds. The Bertz CT molecular complexity index is 594. The Labute approximate surface area is 115 Å². The summed E-state index contributed by atoms with van der Waals surface area (Å²) in [5.41, 5.74) is 0.863. The summed E-state index contributed by atoms with van der Waals surface area (Å²) < 4.78 is 18.3. The largest absolute Gasteiger partial charge is 0.494 e. The van der Waals surface area contributed by atoms with Crippen LogP contribution >= 0.6 is 11.6 Å². The van der Waals surface area contributed by atoms with Gasteiger partial charge >= 0.3 is 0 Å². The fourth-order valence-corrected chi connectivity index (χ4v) is 1.85. The van der Waals surface area contributed by atoms with Crippen LogP contribution in [-0.2, 0) is 0 Å². The quantitative estimate of drug-likeness (QED) is 0.787. The number of carbonyl (C=O) groups is 1. The Hall–Kier alpha value is -1.87. The second-order valence-corrected chi connectivity index (χ2v) is 4.32. The monoisotopic (exact) mass is 278 g/mol. The third-order valence-electron chi connectivity index (χ3n) is 2.61. The Morgan fingerprint density at radius 2 is 1.79 bits per heavy atom. The van der Waals surface area contributed by atoms with E-state index < -0.39 is 5.82 Å². The molecular weight excluding hydrogens is 267 g/mol. The van der Waals surface area contributed by atoms with Crippen LogP contribution in [0.1, 0.15) is 22.8 Å². The number of hydrogen-bond donors (Lipinski definition) is 0. The molecule has 2 nitrogen and oxygen atoms in total. The minimum atomic E-state index is -0.537. The molecule has 0 unspecified atom stereocenters. The lowest BCUT2D eigenvalue weighted by molar-refractivity contribution is 0.103. The van der Waals surface area contributed by atoms with Gasteiger partial charge in [-0.05, 0) is 49.4 Å². The van der Waals surface area contributed by atoms with Crippen molar-refractivity contribution in [3.05, 3.63) is 64.4 Å². The maximum atomic E-state index is 13.0. The SMILES string of the molecule is CCOc1ccc(C(=O)c2ccc(F)c(Cl)c2)cc1. The van der Waals surface area contributed by atoms with Crippen LogP contribution in [0.4, 0.5) is 4.39 Å². The van der Waals surface area contributed by atoms with Gasteiger partial charge in [-0.2, -0.15) is 0 Å². The third kappa shape index (κ3) is 3.12. The van der Waals surface area contributed by atoms with Crippen LogP contribution in [0, 0.1) is 5.82 Å². The van der Waals surface area contributed by atoms with E-state index in [1.54, 1.807) is 24.3 Å². The van der Waals surface area contributed by atoms with Crippen molar-refractivity contribution in [3.8, 4) is 5.75 Å². The highest BCUT2D eigenvalue weighted by Gasteiger charge is 2.11. The van der Waals surface area contributed by atoms with Gasteiger partial charge in [0.1, 0.15) is 11.6 Å². The molecule has 0 aliphatic carbocycles. The van der Waals surface area contributed by atoms with Gasteiger partial charge in [-0.25, -0.2) is 4.39 Å². The Morgan fingerprint density at radius 1 is 1.16 bits per heavy atom. The summed E-state index contributed by atoms with van der Waals surface area (Å²) in [6.45, 7) is 2.46. The topological polar surface area (TPSA) is 26.3 Å². The number of carbonyl (C=O) groups excluding carboxylic acids is 1. The van der Waals surface area contributed by atoms with Gasteiger partial charge in [0.2, 0.25) is 0 Å². The Kier molecular flexibility index (Phi) is 4.17. The normalized spacial score (nSPS) is 10.3. The number of ether oxygens (including phenoxy) is 1. The van der Waals surface area contributed by atoms with Crippen LogP contribution in [0.3, 0.4) is 0 Å². The molecule has 0 heterocycles. The molecule has 0 saturated carbocycles. The van der Waals surface area contributed by atoms with Crippen LogP contribution in [0.5, 0.6) is 5.75 Å². The summed E-state index contributed by atoms with van der Waals surface area (Å²) in [6.07, 6.45) is 0. The second-order valence-electron chi connectivity index (χ2n) is 3.92. The zero-order chi connectivity index (χ0) is 13.8. The Morgan fingerprint density at radius 3 is 2.37 bits per heavy atom. The van der Waals surface area contributed by atoms with Crippen molar-refractivity contribution in [2.24, 2.45) is 0 Å². The molecule has 0 fully saturated rings. The van der Waals surface area contributed by atoms with E-state index in [0.29, 0.717) is 23.5 Å². The number of benzene rings is 2. The van der Waals surface area contributed by atoms with Crippen LogP contribution in [0.25, 0.3) is 0 Å². The van der Waals surface area contributed by atoms with Gasteiger partial charge in [0.15, 0.2) is 5.78 Å². The highest BCUT2D eigenvalue weighted by atomic mass is 35.5. The van der Waals surface area contributed by atoms with Crippen molar-refractivity contribution in [2.75, 3.05) is 6.61 Å². The lowest BCUT2D eigenvalue weighted by Gasteiger charge is -2.05. The maximum absolute atomic E-state index is 13.0. The molecule has 0 saturated heterocycles.